The molecule has 1 N–H and O–H groups in total. The van der Waals surface area contributed by atoms with Crippen LogP contribution in [-0.2, 0) is 25.7 Å². The monoisotopic (exact) mass is 739 g/mol. The topological polar surface area (TPSA) is 68.8 Å². The van der Waals surface area contributed by atoms with E-state index in [2.05, 4.69) is 119 Å². The average molecular weight is 740 g/mol. The molecule has 276 valence electrons. The standard InChI is InChI=1S/C51H41N5O/c57-51-35-50(43-12-6-11-42(34-43)41-9-2-1-3-10-41)52-36-49(51)48-14-5-4-13-47(48)44-32-39(17-15-37-19-23-45(24-20-37)55-29-7-27-53-55)31-40(33-44)18-16-38-21-25-46(26-22-38)56-30-8-28-54-56/h1-14,19-36H,15-18H2,(H,52,57). The Morgan fingerprint density at radius 1 is 0.404 bits per heavy atom. The molecule has 0 aliphatic carbocycles. The molecule has 0 bridgehead atoms. The quantitative estimate of drug-likeness (QED) is 0.135. The first-order valence-corrected chi connectivity index (χ1v) is 19.4. The fourth-order valence-corrected chi connectivity index (χ4v) is 7.53. The number of aryl methyl sites for hydroxylation is 4. The number of pyridine rings is 1. The Balaban J connectivity index is 1.01. The molecular weight excluding hydrogens is 699 g/mol. The van der Waals surface area contributed by atoms with Crippen molar-refractivity contribution in [1.29, 1.82) is 0 Å². The van der Waals surface area contributed by atoms with Gasteiger partial charge < -0.3 is 5.11 Å². The summed E-state index contributed by atoms with van der Waals surface area (Å²) in [6.07, 6.45) is 12.9. The number of aromatic nitrogens is 5. The summed E-state index contributed by atoms with van der Waals surface area (Å²) in [6.45, 7) is 0. The molecule has 57 heavy (non-hydrogen) atoms. The van der Waals surface area contributed by atoms with E-state index >= 15 is 0 Å². The molecule has 9 aromatic rings. The maximum Gasteiger partial charge on any atom is 0.127 e. The van der Waals surface area contributed by atoms with Gasteiger partial charge in [-0.25, -0.2) is 9.36 Å². The van der Waals surface area contributed by atoms with Gasteiger partial charge in [-0.2, -0.15) is 10.2 Å². The number of hydrogen-bond donors (Lipinski definition) is 1. The zero-order valence-electron chi connectivity index (χ0n) is 31.5. The fraction of sp³-hybridized carbons (Fsp3) is 0.0784. The Bertz CT molecular complexity index is 2620. The summed E-state index contributed by atoms with van der Waals surface area (Å²) >= 11 is 0. The lowest BCUT2D eigenvalue weighted by Gasteiger charge is -2.15. The van der Waals surface area contributed by atoms with E-state index in [1.54, 1.807) is 18.5 Å². The van der Waals surface area contributed by atoms with Crippen LogP contribution in [0.15, 0.2) is 195 Å². The van der Waals surface area contributed by atoms with E-state index in [1.807, 2.05) is 76.5 Å². The summed E-state index contributed by atoms with van der Waals surface area (Å²) in [5.41, 5.74) is 15.0. The van der Waals surface area contributed by atoms with Crippen LogP contribution in [0.1, 0.15) is 22.3 Å². The van der Waals surface area contributed by atoms with Gasteiger partial charge in [0.15, 0.2) is 0 Å². The van der Waals surface area contributed by atoms with Crippen LogP contribution in [0.25, 0.3) is 56.0 Å². The number of nitrogens with zero attached hydrogens (tertiary/aromatic N) is 5. The van der Waals surface area contributed by atoms with E-state index in [1.165, 1.54) is 22.3 Å². The minimum atomic E-state index is 0.200. The predicted octanol–water partition coefficient (Wildman–Crippen LogP) is 11.4. The molecule has 3 heterocycles. The lowest BCUT2D eigenvalue weighted by molar-refractivity contribution is 0.477. The minimum Gasteiger partial charge on any atom is -0.507 e. The van der Waals surface area contributed by atoms with Crippen molar-refractivity contribution in [2.75, 3.05) is 0 Å². The summed E-state index contributed by atoms with van der Waals surface area (Å²) in [5, 5.41) is 20.3. The minimum absolute atomic E-state index is 0.200. The van der Waals surface area contributed by atoms with E-state index in [9.17, 15) is 5.11 Å². The SMILES string of the molecule is Oc1cc(-c2cccc(-c3ccccc3)c2)ncc1-c1ccccc1-c1cc(CCc2ccc(-n3cccn3)cc2)cc(CCc2ccc(-n3cccn3)cc2)c1. The molecule has 6 nitrogen and oxygen atoms in total. The lowest BCUT2D eigenvalue weighted by atomic mass is 9.90. The van der Waals surface area contributed by atoms with Crippen LogP contribution in [0.5, 0.6) is 5.75 Å². The number of aromatic hydroxyl groups is 1. The molecule has 3 aromatic heterocycles. The summed E-state index contributed by atoms with van der Waals surface area (Å²) in [5.74, 6) is 0.200. The molecule has 6 heteroatoms. The van der Waals surface area contributed by atoms with E-state index in [-0.39, 0.29) is 5.75 Å². The molecule has 0 saturated heterocycles. The summed E-state index contributed by atoms with van der Waals surface area (Å²) < 4.78 is 3.76. The van der Waals surface area contributed by atoms with E-state index in [4.69, 9.17) is 4.98 Å². The van der Waals surface area contributed by atoms with Crippen LogP contribution in [0.3, 0.4) is 0 Å². The van der Waals surface area contributed by atoms with E-state index < -0.39 is 0 Å². The highest BCUT2D eigenvalue weighted by Crippen LogP contribution is 2.39. The molecule has 0 spiro atoms. The molecule has 0 unspecified atom stereocenters. The van der Waals surface area contributed by atoms with Crippen LogP contribution in [0.2, 0.25) is 0 Å². The fourth-order valence-electron chi connectivity index (χ4n) is 7.53. The third-order valence-corrected chi connectivity index (χ3v) is 10.5. The summed E-state index contributed by atoms with van der Waals surface area (Å²) in [7, 11) is 0. The first-order chi connectivity index (χ1) is 28.1. The van der Waals surface area contributed by atoms with Gasteiger partial charge in [0.2, 0.25) is 0 Å². The van der Waals surface area contributed by atoms with Crippen molar-refractivity contribution in [2.24, 2.45) is 0 Å². The predicted molar refractivity (Wildman–Crippen MR) is 230 cm³/mol. The molecular formula is C51H41N5O. The van der Waals surface area contributed by atoms with Crippen LogP contribution in [0, 0.1) is 0 Å². The van der Waals surface area contributed by atoms with Crippen molar-refractivity contribution in [3.63, 3.8) is 0 Å². The third-order valence-electron chi connectivity index (χ3n) is 10.5. The van der Waals surface area contributed by atoms with E-state index in [0.29, 0.717) is 5.56 Å². The second-order valence-corrected chi connectivity index (χ2v) is 14.4. The lowest BCUT2D eigenvalue weighted by Crippen LogP contribution is -1.99. The van der Waals surface area contributed by atoms with Crippen LogP contribution < -0.4 is 0 Å². The van der Waals surface area contributed by atoms with Gasteiger partial charge in [-0.05, 0) is 118 Å². The van der Waals surface area contributed by atoms with Crippen molar-refractivity contribution in [2.45, 2.75) is 25.7 Å². The molecule has 0 saturated carbocycles. The van der Waals surface area contributed by atoms with Crippen molar-refractivity contribution in [3.05, 3.63) is 217 Å². The van der Waals surface area contributed by atoms with Crippen LogP contribution in [-0.4, -0.2) is 29.7 Å². The van der Waals surface area contributed by atoms with Gasteiger partial charge in [0.25, 0.3) is 0 Å². The van der Waals surface area contributed by atoms with Crippen molar-refractivity contribution >= 4 is 0 Å². The van der Waals surface area contributed by atoms with Gasteiger partial charge in [-0.3, -0.25) is 4.98 Å². The highest BCUT2D eigenvalue weighted by molar-refractivity contribution is 5.87. The molecule has 9 rings (SSSR count). The van der Waals surface area contributed by atoms with Gasteiger partial charge in [0.05, 0.1) is 17.1 Å². The zero-order valence-corrected chi connectivity index (χ0v) is 31.5. The smallest absolute Gasteiger partial charge is 0.127 e. The van der Waals surface area contributed by atoms with Gasteiger partial charge >= 0.3 is 0 Å². The second-order valence-electron chi connectivity index (χ2n) is 14.4. The normalized spacial score (nSPS) is 11.2. The molecule has 0 radical (unpaired) electrons. The molecule has 0 aliphatic heterocycles. The Kier molecular flexibility index (Phi) is 10.1. The number of hydrogen-bond acceptors (Lipinski definition) is 4. The molecule has 0 fully saturated rings. The van der Waals surface area contributed by atoms with Gasteiger partial charge in [0, 0.05) is 48.2 Å². The number of benzene rings is 6. The van der Waals surface area contributed by atoms with Gasteiger partial charge in [-0.15, -0.1) is 0 Å². The van der Waals surface area contributed by atoms with Gasteiger partial charge in [0.1, 0.15) is 5.75 Å². The Morgan fingerprint density at radius 2 is 0.947 bits per heavy atom. The first-order valence-electron chi connectivity index (χ1n) is 19.4. The Labute approximate surface area is 333 Å². The Morgan fingerprint density at radius 3 is 1.53 bits per heavy atom. The first kappa shape index (κ1) is 35.4. The third kappa shape index (κ3) is 8.07. The van der Waals surface area contributed by atoms with Crippen LogP contribution in [0.4, 0.5) is 0 Å². The number of rotatable bonds is 12. The maximum absolute atomic E-state index is 11.6. The zero-order chi connectivity index (χ0) is 38.4. The molecule has 0 amide bonds. The molecule has 6 aromatic carbocycles. The van der Waals surface area contributed by atoms with E-state index in [0.717, 1.165) is 76.1 Å². The highest BCUT2D eigenvalue weighted by atomic mass is 16.3. The Hall–Kier alpha value is -7.31. The van der Waals surface area contributed by atoms with Gasteiger partial charge in [-0.1, -0.05) is 115 Å². The highest BCUT2D eigenvalue weighted by Gasteiger charge is 2.15. The molecule has 0 atom stereocenters. The molecule has 0 aliphatic rings. The van der Waals surface area contributed by atoms with Crippen molar-refractivity contribution in [3.8, 4) is 61.8 Å². The summed E-state index contributed by atoms with van der Waals surface area (Å²) in [4.78, 5) is 4.89. The average Bonchev–Trinajstić information content (AvgIpc) is 4.02. The second kappa shape index (κ2) is 16.2. The summed E-state index contributed by atoms with van der Waals surface area (Å²) in [6, 6.07) is 56.9. The van der Waals surface area contributed by atoms with Crippen molar-refractivity contribution < 1.29 is 5.11 Å². The van der Waals surface area contributed by atoms with Crippen LogP contribution >= 0.6 is 0 Å². The maximum atomic E-state index is 11.6. The van der Waals surface area contributed by atoms with Crippen molar-refractivity contribution in [1.82, 2.24) is 24.5 Å². The largest absolute Gasteiger partial charge is 0.507 e.